The summed E-state index contributed by atoms with van der Waals surface area (Å²) in [6.07, 6.45) is 2.97. The third-order valence-corrected chi connectivity index (χ3v) is 8.00. The van der Waals surface area contributed by atoms with Crippen LogP contribution in [0.25, 0.3) is 0 Å². The number of nitro groups is 1. The molecule has 1 atom stereocenters. The summed E-state index contributed by atoms with van der Waals surface area (Å²) in [6, 6.07) is 4.39. The molecule has 168 valence electrons. The van der Waals surface area contributed by atoms with Crippen LogP contribution < -0.4 is 4.90 Å². The smallest absolute Gasteiger partial charge is 0.293 e. The maximum atomic E-state index is 13.0. The first-order valence-corrected chi connectivity index (χ1v) is 12.4. The Bertz CT molecular complexity index is 851. The lowest BCUT2D eigenvalue weighted by atomic mass is 10.0. The van der Waals surface area contributed by atoms with Gasteiger partial charge >= 0.3 is 0 Å². The van der Waals surface area contributed by atoms with Crippen molar-refractivity contribution < 1.29 is 13.3 Å². The summed E-state index contributed by atoms with van der Waals surface area (Å²) in [4.78, 5) is 15.7. The Labute approximate surface area is 180 Å². The maximum Gasteiger partial charge on any atom is 0.293 e. The molecule has 2 saturated heterocycles. The Morgan fingerprint density at radius 3 is 2.47 bits per heavy atom. The van der Waals surface area contributed by atoms with Crippen molar-refractivity contribution in [3.63, 3.8) is 0 Å². The van der Waals surface area contributed by atoms with Gasteiger partial charge in [-0.15, -0.1) is 0 Å². The maximum absolute atomic E-state index is 13.0. The van der Waals surface area contributed by atoms with E-state index in [4.69, 9.17) is 0 Å². The predicted molar refractivity (Wildman–Crippen MR) is 118 cm³/mol. The van der Waals surface area contributed by atoms with Gasteiger partial charge in [-0.2, -0.15) is 4.31 Å². The van der Waals surface area contributed by atoms with Gasteiger partial charge in [0.05, 0.1) is 9.82 Å². The van der Waals surface area contributed by atoms with Crippen molar-refractivity contribution in [2.45, 2.75) is 44.9 Å². The van der Waals surface area contributed by atoms with Gasteiger partial charge in [0, 0.05) is 45.3 Å². The molecule has 1 aromatic rings. The average Bonchev–Trinajstić information content (AvgIpc) is 2.72. The van der Waals surface area contributed by atoms with Crippen molar-refractivity contribution in [2.75, 3.05) is 50.7 Å². The fraction of sp³-hybridized carbons (Fsp3) is 0.714. The number of hydrogen-bond acceptors (Lipinski definition) is 6. The number of nitrogens with zero attached hydrogens (tertiary/aromatic N) is 4. The summed E-state index contributed by atoms with van der Waals surface area (Å²) in [5.74, 6) is 0.955. The fourth-order valence-corrected chi connectivity index (χ4v) is 5.86. The number of sulfonamides is 1. The third-order valence-electron chi connectivity index (χ3n) is 6.14. The molecule has 0 radical (unpaired) electrons. The number of hydrogen-bond donors (Lipinski definition) is 0. The second-order valence-electron chi connectivity index (χ2n) is 9.03. The molecule has 0 unspecified atom stereocenters. The van der Waals surface area contributed by atoms with E-state index in [1.165, 1.54) is 16.4 Å². The van der Waals surface area contributed by atoms with Crippen LogP contribution in [0, 0.1) is 22.0 Å². The van der Waals surface area contributed by atoms with E-state index in [2.05, 4.69) is 18.7 Å². The predicted octanol–water partition coefficient (Wildman–Crippen LogP) is 3.18. The molecule has 1 aromatic carbocycles. The van der Waals surface area contributed by atoms with E-state index in [9.17, 15) is 18.5 Å². The number of benzene rings is 1. The zero-order valence-electron chi connectivity index (χ0n) is 18.3. The molecule has 2 fully saturated rings. The lowest BCUT2D eigenvalue weighted by molar-refractivity contribution is -0.384. The van der Waals surface area contributed by atoms with Gasteiger partial charge < -0.3 is 4.90 Å². The van der Waals surface area contributed by atoms with E-state index in [0.29, 0.717) is 43.7 Å². The standard InChI is InChI=1S/C21H34N4O4S/c1-17(2)8-10-22-11-13-23(14-12-22)20-7-6-19(15-21(20)25(26)27)30(28,29)24-9-4-5-18(3)16-24/h6-7,15,17-18H,4-5,8-14,16H2,1-3H3/t18-/m1/s1. The van der Waals surface area contributed by atoms with Crippen molar-refractivity contribution in [3.8, 4) is 0 Å². The quantitative estimate of drug-likeness (QED) is 0.480. The van der Waals surface area contributed by atoms with Crippen molar-refractivity contribution in [3.05, 3.63) is 28.3 Å². The minimum absolute atomic E-state index is 0.0163. The second kappa shape index (κ2) is 9.62. The van der Waals surface area contributed by atoms with Crippen molar-refractivity contribution in [2.24, 2.45) is 11.8 Å². The SMILES string of the molecule is CC(C)CCN1CCN(c2ccc(S(=O)(=O)N3CCC[C@@H](C)C3)cc2[N+](=O)[O-])CC1. The van der Waals surface area contributed by atoms with Crippen molar-refractivity contribution in [1.82, 2.24) is 9.21 Å². The van der Waals surface area contributed by atoms with E-state index in [1.807, 2.05) is 11.8 Å². The summed E-state index contributed by atoms with van der Waals surface area (Å²) in [5, 5.41) is 11.8. The second-order valence-corrected chi connectivity index (χ2v) is 11.0. The molecule has 0 aromatic heterocycles. The van der Waals surface area contributed by atoms with Crippen LogP contribution in [0.4, 0.5) is 11.4 Å². The Balaban J connectivity index is 1.77. The van der Waals surface area contributed by atoms with Crippen LogP contribution in [0.1, 0.15) is 40.0 Å². The van der Waals surface area contributed by atoms with Gasteiger partial charge in [-0.05, 0) is 49.8 Å². The molecule has 8 nitrogen and oxygen atoms in total. The van der Waals surface area contributed by atoms with Crippen molar-refractivity contribution >= 4 is 21.4 Å². The number of anilines is 1. The minimum atomic E-state index is -3.72. The van der Waals surface area contributed by atoms with Gasteiger partial charge in [0.2, 0.25) is 10.0 Å². The minimum Gasteiger partial charge on any atom is -0.363 e. The monoisotopic (exact) mass is 438 g/mol. The van der Waals surface area contributed by atoms with Crippen LogP contribution in [0.15, 0.2) is 23.1 Å². The Hall–Kier alpha value is -1.71. The first-order chi connectivity index (χ1) is 14.2. The van der Waals surface area contributed by atoms with Crippen LogP contribution in [-0.4, -0.2) is 68.4 Å². The summed E-state index contributed by atoms with van der Waals surface area (Å²) < 4.78 is 27.6. The van der Waals surface area contributed by atoms with E-state index < -0.39 is 14.9 Å². The van der Waals surface area contributed by atoms with Crippen LogP contribution in [0.3, 0.4) is 0 Å². The van der Waals surface area contributed by atoms with Gasteiger partial charge in [-0.1, -0.05) is 20.8 Å². The molecule has 0 spiro atoms. The largest absolute Gasteiger partial charge is 0.363 e. The van der Waals surface area contributed by atoms with Gasteiger partial charge in [-0.3, -0.25) is 15.0 Å². The van der Waals surface area contributed by atoms with E-state index >= 15 is 0 Å². The molecule has 0 saturated carbocycles. The molecule has 30 heavy (non-hydrogen) atoms. The normalized spacial score (nSPS) is 21.9. The first-order valence-electron chi connectivity index (χ1n) is 10.9. The van der Waals surface area contributed by atoms with Crippen LogP contribution in [0.2, 0.25) is 0 Å². The van der Waals surface area contributed by atoms with Gasteiger partial charge in [0.1, 0.15) is 5.69 Å². The summed E-state index contributed by atoms with van der Waals surface area (Å²) >= 11 is 0. The van der Waals surface area contributed by atoms with Crippen LogP contribution in [0.5, 0.6) is 0 Å². The van der Waals surface area contributed by atoms with Crippen LogP contribution in [-0.2, 0) is 10.0 Å². The molecule has 0 amide bonds. The number of nitro benzene ring substituents is 1. The molecule has 2 aliphatic rings. The van der Waals surface area contributed by atoms with E-state index in [0.717, 1.165) is 38.9 Å². The lowest BCUT2D eigenvalue weighted by Gasteiger charge is -2.36. The Morgan fingerprint density at radius 2 is 1.87 bits per heavy atom. The molecule has 0 bridgehead atoms. The summed E-state index contributed by atoms with van der Waals surface area (Å²) in [6.45, 7) is 11.6. The third kappa shape index (κ3) is 5.31. The van der Waals surface area contributed by atoms with Gasteiger partial charge in [-0.25, -0.2) is 8.42 Å². The topological polar surface area (TPSA) is 87.0 Å². The average molecular weight is 439 g/mol. The highest BCUT2D eigenvalue weighted by molar-refractivity contribution is 7.89. The van der Waals surface area contributed by atoms with E-state index in [-0.39, 0.29) is 10.6 Å². The first kappa shape index (κ1) is 23.0. The molecule has 0 N–H and O–H groups in total. The number of piperidine rings is 1. The fourth-order valence-electron chi connectivity index (χ4n) is 4.24. The molecule has 2 heterocycles. The van der Waals surface area contributed by atoms with Crippen LogP contribution >= 0.6 is 0 Å². The zero-order chi connectivity index (χ0) is 21.9. The number of piperazine rings is 1. The Morgan fingerprint density at radius 1 is 1.17 bits per heavy atom. The molecule has 2 aliphatic heterocycles. The van der Waals surface area contributed by atoms with E-state index in [1.54, 1.807) is 6.07 Å². The zero-order valence-corrected chi connectivity index (χ0v) is 19.1. The van der Waals surface area contributed by atoms with Gasteiger partial charge in [0.25, 0.3) is 5.69 Å². The molecule has 0 aliphatic carbocycles. The molecular formula is C21H34N4O4S. The number of rotatable bonds is 7. The van der Waals surface area contributed by atoms with Crippen molar-refractivity contribution in [1.29, 1.82) is 0 Å². The summed E-state index contributed by atoms with van der Waals surface area (Å²) in [5.41, 5.74) is 0.381. The molecule has 3 rings (SSSR count). The summed E-state index contributed by atoms with van der Waals surface area (Å²) in [7, 11) is -3.72. The van der Waals surface area contributed by atoms with Gasteiger partial charge in [0.15, 0.2) is 0 Å². The highest BCUT2D eigenvalue weighted by Gasteiger charge is 2.32. The highest BCUT2D eigenvalue weighted by atomic mass is 32.2. The Kier molecular flexibility index (Phi) is 7.36. The molecule has 9 heteroatoms. The lowest BCUT2D eigenvalue weighted by Crippen LogP contribution is -2.47. The molecular weight excluding hydrogens is 404 g/mol. The highest BCUT2D eigenvalue weighted by Crippen LogP contribution is 2.33.